The summed E-state index contributed by atoms with van der Waals surface area (Å²) in [4.78, 5) is 17.5. The number of carbonyl (C=O) groups excluding carboxylic acids is 1. The number of ether oxygens (including phenoxy) is 2. The van der Waals surface area contributed by atoms with Gasteiger partial charge < -0.3 is 14.4 Å². The maximum atomic E-state index is 12.9. The lowest BCUT2D eigenvalue weighted by Crippen LogP contribution is -2.27. The number of nitrogens with zero attached hydrogens (tertiary/aromatic N) is 2. The molecule has 1 atom stereocenters. The maximum absolute atomic E-state index is 12.9. The molecule has 31 heavy (non-hydrogen) atoms. The number of carbonyl (C=O) groups is 1. The summed E-state index contributed by atoms with van der Waals surface area (Å²) in [6.45, 7) is 2.48. The van der Waals surface area contributed by atoms with Gasteiger partial charge in [0.2, 0.25) is 0 Å². The maximum Gasteiger partial charge on any atom is 0.411 e. The summed E-state index contributed by atoms with van der Waals surface area (Å²) < 4.78 is 49.6. The van der Waals surface area contributed by atoms with Gasteiger partial charge in [0.1, 0.15) is 17.3 Å². The first-order chi connectivity index (χ1) is 14.8. The van der Waals surface area contributed by atoms with E-state index in [4.69, 9.17) is 21.1 Å². The second-order valence-corrected chi connectivity index (χ2v) is 7.59. The lowest BCUT2D eigenvalue weighted by Gasteiger charge is -2.19. The number of nitrogens with one attached hydrogen (secondary N) is 1. The van der Waals surface area contributed by atoms with E-state index in [1.807, 2.05) is 6.92 Å². The molecule has 1 N–H and O–H groups in total. The van der Waals surface area contributed by atoms with Crippen LogP contribution in [0.5, 0.6) is 11.5 Å². The Balaban J connectivity index is 1.62. The van der Waals surface area contributed by atoms with Gasteiger partial charge in [-0.3, -0.25) is 5.32 Å². The summed E-state index contributed by atoms with van der Waals surface area (Å²) >= 11 is 6.26. The topological polar surface area (TPSA) is 63.7 Å². The average Bonchev–Trinajstić information content (AvgIpc) is 3.21. The zero-order chi connectivity index (χ0) is 22.4. The van der Waals surface area contributed by atoms with E-state index in [0.717, 1.165) is 12.8 Å². The summed E-state index contributed by atoms with van der Waals surface area (Å²) in [7, 11) is 0. The van der Waals surface area contributed by atoms with Crippen LogP contribution < -0.4 is 15.0 Å². The second kappa shape index (κ2) is 10.1. The van der Waals surface area contributed by atoms with E-state index in [9.17, 15) is 18.0 Å². The highest BCUT2D eigenvalue weighted by atomic mass is 35.5. The third-order valence-corrected chi connectivity index (χ3v) is 5.12. The molecule has 1 aliphatic rings. The molecule has 1 aliphatic heterocycles. The van der Waals surface area contributed by atoms with E-state index in [2.05, 4.69) is 10.3 Å². The largest absolute Gasteiger partial charge is 0.456 e. The molecule has 168 valence electrons. The summed E-state index contributed by atoms with van der Waals surface area (Å²) in [5.41, 5.74) is 0.449. The monoisotopic (exact) mass is 457 g/mol. The Morgan fingerprint density at radius 3 is 2.81 bits per heavy atom. The fraction of sp³-hybridized carbons (Fsp3) is 0.429. The highest BCUT2D eigenvalue weighted by Crippen LogP contribution is 2.36. The van der Waals surface area contributed by atoms with Gasteiger partial charge in [0.15, 0.2) is 0 Å². The molecule has 0 aliphatic carbocycles. The van der Waals surface area contributed by atoms with Gasteiger partial charge in [0, 0.05) is 31.0 Å². The van der Waals surface area contributed by atoms with Crippen LogP contribution in [0.2, 0.25) is 5.02 Å². The van der Waals surface area contributed by atoms with Crippen molar-refractivity contribution in [3.63, 3.8) is 0 Å². The zero-order valence-electron chi connectivity index (χ0n) is 16.9. The number of alkyl halides is 3. The minimum atomic E-state index is -4.21. The molecule has 1 unspecified atom stereocenters. The number of rotatable bonds is 7. The van der Waals surface area contributed by atoms with Gasteiger partial charge in [-0.15, -0.1) is 0 Å². The average molecular weight is 458 g/mol. The Morgan fingerprint density at radius 1 is 1.32 bits per heavy atom. The van der Waals surface area contributed by atoms with E-state index < -0.39 is 18.2 Å². The Morgan fingerprint density at radius 2 is 2.13 bits per heavy atom. The molecule has 0 saturated carbocycles. The predicted octanol–water partition coefficient (Wildman–Crippen LogP) is 6.26. The van der Waals surface area contributed by atoms with Crippen molar-refractivity contribution in [2.45, 2.75) is 32.4 Å². The van der Waals surface area contributed by atoms with Crippen molar-refractivity contribution in [1.29, 1.82) is 0 Å². The first kappa shape index (κ1) is 23.0. The number of amides is 1. The van der Waals surface area contributed by atoms with Crippen LogP contribution in [0.25, 0.3) is 0 Å². The molecule has 1 aromatic carbocycles. The smallest absolute Gasteiger partial charge is 0.411 e. The molecule has 2 heterocycles. The molecule has 3 rings (SSSR count). The second-order valence-electron chi connectivity index (χ2n) is 7.18. The Bertz CT molecular complexity index is 911. The van der Waals surface area contributed by atoms with Crippen molar-refractivity contribution < 1.29 is 27.4 Å². The van der Waals surface area contributed by atoms with Gasteiger partial charge in [-0.1, -0.05) is 24.9 Å². The van der Waals surface area contributed by atoms with Crippen molar-refractivity contribution in [2.24, 2.45) is 5.92 Å². The first-order valence-electron chi connectivity index (χ1n) is 9.95. The van der Waals surface area contributed by atoms with Gasteiger partial charge >= 0.3 is 12.3 Å². The van der Waals surface area contributed by atoms with Gasteiger partial charge in [0.05, 0.1) is 17.5 Å². The van der Waals surface area contributed by atoms with E-state index in [1.165, 1.54) is 12.3 Å². The van der Waals surface area contributed by atoms with Gasteiger partial charge in [-0.05, 0) is 37.1 Å². The van der Waals surface area contributed by atoms with Crippen molar-refractivity contribution in [3.8, 4) is 11.5 Å². The Kier molecular flexibility index (Phi) is 7.48. The SMILES string of the molecule is CCCCOC(=O)Nc1ccc(Oc2ccnc(N3CCC(C(F)(F)F)C3)c2)c(Cl)c1. The summed E-state index contributed by atoms with van der Waals surface area (Å²) in [5.74, 6) is -0.226. The molecule has 0 radical (unpaired) electrons. The fourth-order valence-electron chi connectivity index (χ4n) is 3.12. The van der Waals surface area contributed by atoms with Crippen LogP contribution in [0, 0.1) is 5.92 Å². The quantitative estimate of drug-likeness (QED) is 0.497. The van der Waals surface area contributed by atoms with E-state index in [1.54, 1.807) is 29.2 Å². The number of unbranched alkanes of at least 4 members (excludes halogenated alkanes) is 1. The number of benzene rings is 1. The lowest BCUT2D eigenvalue weighted by molar-refractivity contribution is -0.168. The molecule has 10 heteroatoms. The standard InChI is InChI=1S/C21H23ClF3N3O3/c1-2-3-10-30-20(29)27-15-4-5-18(17(22)11-15)31-16-6-8-26-19(12-16)28-9-7-14(13-28)21(23,24)25/h4-6,8,11-12,14H,2-3,7,9-10,13H2,1H3,(H,27,29). The molecule has 1 amide bonds. The third-order valence-electron chi connectivity index (χ3n) is 4.83. The van der Waals surface area contributed by atoms with Crippen LogP contribution in [-0.2, 0) is 4.74 Å². The van der Waals surface area contributed by atoms with Crippen molar-refractivity contribution >= 4 is 29.2 Å². The lowest BCUT2D eigenvalue weighted by atomic mass is 10.1. The van der Waals surface area contributed by atoms with Crippen LogP contribution >= 0.6 is 11.6 Å². The van der Waals surface area contributed by atoms with Crippen molar-refractivity contribution in [2.75, 3.05) is 29.9 Å². The minimum absolute atomic E-state index is 0.0391. The molecule has 0 bridgehead atoms. The highest BCUT2D eigenvalue weighted by molar-refractivity contribution is 6.32. The highest BCUT2D eigenvalue weighted by Gasteiger charge is 2.43. The number of aromatic nitrogens is 1. The molecule has 1 fully saturated rings. The van der Waals surface area contributed by atoms with Crippen LogP contribution in [0.3, 0.4) is 0 Å². The van der Waals surface area contributed by atoms with Crippen molar-refractivity contribution in [1.82, 2.24) is 4.98 Å². The van der Waals surface area contributed by atoms with E-state index in [0.29, 0.717) is 29.6 Å². The Hall–Kier alpha value is -2.68. The van der Waals surface area contributed by atoms with Crippen LogP contribution in [0.4, 0.5) is 29.5 Å². The third kappa shape index (κ3) is 6.40. The first-order valence-corrected chi connectivity index (χ1v) is 10.3. The molecule has 1 aromatic heterocycles. The normalized spacial score (nSPS) is 16.3. The number of halogens is 4. The fourth-order valence-corrected chi connectivity index (χ4v) is 3.34. The minimum Gasteiger partial charge on any atom is -0.456 e. The van der Waals surface area contributed by atoms with Crippen LogP contribution in [-0.4, -0.2) is 36.9 Å². The number of hydrogen-bond acceptors (Lipinski definition) is 5. The van der Waals surface area contributed by atoms with Crippen LogP contribution in [0.15, 0.2) is 36.5 Å². The van der Waals surface area contributed by atoms with Gasteiger partial charge in [0.25, 0.3) is 0 Å². The Labute approximate surface area is 183 Å². The molecule has 1 saturated heterocycles. The van der Waals surface area contributed by atoms with Crippen LogP contribution in [0.1, 0.15) is 26.2 Å². The summed E-state index contributed by atoms with van der Waals surface area (Å²) in [5, 5.41) is 2.84. The van der Waals surface area contributed by atoms with Crippen molar-refractivity contribution in [3.05, 3.63) is 41.6 Å². The predicted molar refractivity (Wildman–Crippen MR) is 112 cm³/mol. The summed E-state index contributed by atoms with van der Waals surface area (Å²) in [6, 6.07) is 7.88. The molecule has 0 spiro atoms. The molecule has 2 aromatic rings. The summed E-state index contributed by atoms with van der Waals surface area (Å²) in [6.07, 6.45) is -1.57. The van der Waals surface area contributed by atoms with E-state index in [-0.39, 0.29) is 24.5 Å². The van der Waals surface area contributed by atoms with E-state index >= 15 is 0 Å². The van der Waals surface area contributed by atoms with Gasteiger partial charge in [-0.2, -0.15) is 13.2 Å². The zero-order valence-corrected chi connectivity index (χ0v) is 17.7. The number of anilines is 2. The number of hydrogen-bond donors (Lipinski definition) is 1. The molecular weight excluding hydrogens is 435 g/mol. The number of pyridine rings is 1. The molecular formula is C21H23ClF3N3O3. The molecule has 6 nitrogen and oxygen atoms in total. The van der Waals surface area contributed by atoms with Gasteiger partial charge in [-0.25, -0.2) is 9.78 Å².